The number of nitrogens with zero attached hydrogens (tertiary/aromatic N) is 1. The van der Waals surface area contributed by atoms with E-state index in [1.54, 1.807) is 12.1 Å². The molecule has 1 aromatic rings. The molecule has 2 amide bonds. The molecule has 0 aliphatic heterocycles. The van der Waals surface area contributed by atoms with E-state index in [-0.39, 0.29) is 4.90 Å². The number of nitrogens with two attached hydrogens (primary N) is 1. The number of aryl methyl sites for hydroxylation is 1. The van der Waals surface area contributed by atoms with E-state index in [0.717, 1.165) is 5.56 Å². The quantitative estimate of drug-likeness (QED) is 0.441. The molecule has 0 saturated heterocycles. The Balaban J connectivity index is 2.95. The summed E-state index contributed by atoms with van der Waals surface area (Å²) in [5.74, 6) is 5.10. The monoisotopic (exact) mass is 243 g/mol. The standard InChI is InChI=1S/C9H13N3O3S/c1-7-3-5-8(6-4-7)16(14,15)11-9(13)12(2)10/h3-6H,10H2,1-2H3,(H,11,13). The highest BCUT2D eigenvalue weighted by molar-refractivity contribution is 7.90. The maximum Gasteiger partial charge on any atom is 0.345 e. The molecule has 0 bridgehead atoms. The van der Waals surface area contributed by atoms with Gasteiger partial charge in [0, 0.05) is 7.05 Å². The molecule has 0 unspecified atom stereocenters. The van der Waals surface area contributed by atoms with Crippen LogP contribution in [0.25, 0.3) is 0 Å². The molecule has 0 aromatic heterocycles. The number of sulfonamides is 1. The van der Waals surface area contributed by atoms with Crippen molar-refractivity contribution in [2.75, 3.05) is 7.05 Å². The Morgan fingerprint density at radius 1 is 1.31 bits per heavy atom. The first-order chi connectivity index (χ1) is 7.33. The summed E-state index contributed by atoms with van der Waals surface area (Å²) < 4.78 is 25.1. The topological polar surface area (TPSA) is 92.5 Å². The lowest BCUT2D eigenvalue weighted by molar-refractivity contribution is 0.215. The predicted octanol–water partition coefficient (Wildman–Crippen LogP) is 0.199. The number of hydrogen-bond acceptors (Lipinski definition) is 4. The fraction of sp³-hybridized carbons (Fsp3) is 0.222. The first kappa shape index (κ1) is 12.5. The fourth-order valence-corrected chi connectivity index (χ4v) is 1.95. The molecule has 0 fully saturated rings. The highest BCUT2D eigenvalue weighted by atomic mass is 32.2. The number of hydrogen-bond donors (Lipinski definition) is 2. The van der Waals surface area contributed by atoms with Crippen molar-refractivity contribution >= 4 is 16.1 Å². The minimum atomic E-state index is -3.84. The fourth-order valence-electron chi connectivity index (χ4n) is 0.963. The molecule has 0 aliphatic rings. The number of carbonyl (C=O) groups excluding carboxylic acids is 1. The molecule has 16 heavy (non-hydrogen) atoms. The zero-order chi connectivity index (χ0) is 12.3. The van der Waals surface area contributed by atoms with Gasteiger partial charge < -0.3 is 0 Å². The van der Waals surface area contributed by atoms with E-state index in [1.165, 1.54) is 19.2 Å². The highest BCUT2D eigenvalue weighted by Gasteiger charge is 2.18. The number of rotatable bonds is 2. The van der Waals surface area contributed by atoms with Gasteiger partial charge in [-0.25, -0.2) is 23.8 Å². The number of hydrazine groups is 1. The molecular formula is C9H13N3O3S. The summed E-state index contributed by atoms with van der Waals surface area (Å²) in [6.45, 7) is 1.84. The van der Waals surface area contributed by atoms with Crippen LogP contribution in [0.4, 0.5) is 4.79 Å². The van der Waals surface area contributed by atoms with Crippen LogP contribution in [0.5, 0.6) is 0 Å². The first-order valence-corrected chi connectivity index (χ1v) is 5.93. The van der Waals surface area contributed by atoms with E-state index in [1.807, 2.05) is 11.6 Å². The summed E-state index contributed by atoms with van der Waals surface area (Å²) in [6, 6.07) is 5.24. The number of urea groups is 1. The van der Waals surface area contributed by atoms with Gasteiger partial charge in [-0.05, 0) is 19.1 Å². The smallest absolute Gasteiger partial charge is 0.265 e. The maximum atomic E-state index is 11.6. The van der Waals surface area contributed by atoms with Crippen molar-refractivity contribution in [1.29, 1.82) is 0 Å². The third kappa shape index (κ3) is 2.94. The first-order valence-electron chi connectivity index (χ1n) is 4.45. The van der Waals surface area contributed by atoms with Crippen LogP contribution in [0.2, 0.25) is 0 Å². The van der Waals surface area contributed by atoms with Gasteiger partial charge in [0.25, 0.3) is 10.0 Å². The Morgan fingerprint density at radius 3 is 2.25 bits per heavy atom. The SMILES string of the molecule is Cc1ccc(S(=O)(=O)NC(=O)N(C)N)cc1. The summed E-state index contributed by atoms with van der Waals surface area (Å²) in [5.41, 5.74) is 0.932. The predicted molar refractivity (Wildman–Crippen MR) is 58.8 cm³/mol. The van der Waals surface area contributed by atoms with Crippen molar-refractivity contribution in [2.24, 2.45) is 5.84 Å². The lowest BCUT2D eigenvalue weighted by Gasteiger charge is -2.11. The van der Waals surface area contributed by atoms with Crippen LogP contribution in [-0.2, 0) is 10.0 Å². The van der Waals surface area contributed by atoms with E-state index in [0.29, 0.717) is 5.01 Å². The summed E-state index contributed by atoms with van der Waals surface area (Å²) in [5, 5.41) is 0.658. The molecule has 1 aromatic carbocycles. The molecular weight excluding hydrogens is 230 g/mol. The van der Waals surface area contributed by atoms with Crippen molar-refractivity contribution < 1.29 is 13.2 Å². The molecule has 0 atom stereocenters. The van der Waals surface area contributed by atoms with Crippen LogP contribution in [0, 0.1) is 6.92 Å². The number of amides is 2. The maximum absolute atomic E-state index is 11.6. The van der Waals surface area contributed by atoms with Crippen LogP contribution in [0.15, 0.2) is 29.2 Å². The lowest BCUT2D eigenvalue weighted by atomic mass is 10.2. The second-order valence-electron chi connectivity index (χ2n) is 3.33. The third-order valence-corrected chi connectivity index (χ3v) is 3.21. The van der Waals surface area contributed by atoms with Crippen molar-refractivity contribution in [2.45, 2.75) is 11.8 Å². The molecule has 0 saturated carbocycles. The van der Waals surface area contributed by atoms with Crippen LogP contribution >= 0.6 is 0 Å². The van der Waals surface area contributed by atoms with Crippen LogP contribution in [0.3, 0.4) is 0 Å². The third-order valence-electron chi connectivity index (χ3n) is 1.87. The Bertz CT molecular complexity index is 479. The molecule has 0 radical (unpaired) electrons. The van der Waals surface area contributed by atoms with Gasteiger partial charge in [-0.15, -0.1) is 0 Å². The van der Waals surface area contributed by atoms with Crippen molar-refractivity contribution in [3.63, 3.8) is 0 Å². The van der Waals surface area contributed by atoms with Gasteiger partial charge in [0.05, 0.1) is 4.90 Å². The van der Waals surface area contributed by atoms with E-state index in [2.05, 4.69) is 0 Å². The van der Waals surface area contributed by atoms with Crippen LogP contribution in [-0.4, -0.2) is 26.5 Å². The Kier molecular flexibility index (Phi) is 3.51. The Labute approximate surface area is 94.1 Å². The second-order valence-corrected chi connectivity index (χ2v) is 5.02. The average molecular weight is 243 g/mol. The highest BCUT2D eigenvalue weighted by Crippen LogP contribution is 2.09. The Morgan fingerprint density at radius 2 is 1.81 bits per heavy atom. The van der Waals surface area contributed by atoms with E-state index in [9.17, 15) is 13.2 Å². The van der Waals surface area contributed by atoms with Gasteiger partial charge in [-0.2, -0.15) is 0 Å². The van der Waals surface area contributed by atoms with Gasteiger partial charge in [-0.3, -0.25) is 5.01 Å². The van der Waals surface area contributed by atoms with Crippen LogP contribution < -0.4 is 10.6 Å². The average Bonchev–Trinajstić information content (AvgIpc) is 2.17. The summed E-state index contributed by atoms with van der Waals surface area (Å²) in [7, 11) is -2.59. The molecule has 0 heterocycles. The summed E-state index contributed by atoms with van der Waals surface area (Å²) in [6.07, 6.45) is 0. The van der Waals surface area contributed by atoms with E-state index in [4.69, 9.17) is 5.84 Å². The summed E-state index contributed by atoms with van der Waals surface area (Å²) >= 11 is 0. The van der Waals surface area contributed by atoms with Gasteiger partial charge in [-0.1, -0.05) is 17.7 Å². The molecule has 1 rings (SSSR count). The van der Waals surface area contributed by atoms with Gasteiger partial charge in [0.15, 0.2) is 0 Å². The van der Waals surface area contributed by atoms with Crippen molar-refractivity contribution in [3.05, 3.63) is 29.8 Å². The summed E-state index contributed by atoms with van der Waals surface area (Å²) in [4.78, 5) is 11.1. The minimum Gasteiger partial charge on any atom is -0.265 e. The molecule has 6 nitrogen and oxygen atoms in total. The zero-order valence-electron chi connectivity index (χ0n) is 8.97. The molecule has 3 N–H and O–H groups in total. The minimum absolute atomic E-state index is 0.0216. The van der Waals surface area contributed by atoms with Crippen molar-refractivity contribution in [3.8, 4) is 0 Å². The number of carbonyl (C=O) groups is 1. The largest absolute Gasteiger partial charge is 0.345 e. The lowest BCUT2D eigenvalue weighted by Crippen LogP contribution is -2.44. The second kappa shape index (κ2) is 4.50. The van der Waals surface area contributed by atoms with Gasteiger partial charge in [0.1, 0.15) is 0 Å². The number of benzene rings is 1. The van der Waals surface area contributed by atoms with Crippen molar-refractivity contribution in [1.82, 2.24) is 9.73 Å². The molecule has 0 spiro atoms. The Hall–Kier alpha value is -1.60. The normalized spacial score (nSPS) is 10.9. The van der Waals surface area contributed by atoms with Gasteiger partial charge in [0.2, 0.25) is 0 Å². The molecule has 7 heteroatoms. The molecule has 88 valence electrons. The zero-order valence-corrected chi connectivity index (χ0v) is 9.78. The number of nitrogens with one attached hydrogen (secondary N) is 1. The van der Waals surface area contributed by atoms with Gasteiger partial charge >= 0.3 is 6.03 Å². The molecule has 0 aliphatic carbocycles. The van der Waals surface area contributed by atoms with E-state index >= 15 is 0 Å². The van der Waals surface area contributed by atoms with E-state index < -0.39 is 16.1 Å². The van der Waals surface area contributed by atoms with Crippen LogP contribution in [0.1, 0.15) is 5.56 Å².